The Bertz CT molecular complexity index is 1030. The van der Waals surface area contributed by atoms with E-state index >= 15 is 0 Å². The smallest absolute Gasteiger partial charge is 0.319 e. The molecule has 0 spiro atoms. The molecule has 1 aliphatic rings. The Morgan fingerprint density at radius 2 is 2.09 bits per heavy atom. The fraction of sp³-hybridized carbons (Fsp3) is 0.286. The summed E-state index contributed by atoms with van der Waals surface area (Å²) in [5.41, 5.74) is 0.466. The number of benzene rings is 2. The lowest BCUT2D eigenvalue weighted by molar-refractivity contribution is 0.0974. The van der Waals surface area contributed by atoms with Gasteiger partial charge in [-0.25, -0.2) is 13.6 Å². The fourth-order valence-corrected chi connectivity index (χ4v) is 3.32. The molecule has 4 N–H and O–H groups in total. The Morgan fingerprint density at radius 3 is 2.75 bits per heavy atom. The Kier molecular flexibility index (Phi) is 7.41. The van der Waals surface area contributed by atoms with Crippen molar-refractivity contribution in [1.82, 2.24) is 10.6 Å². The van der Waals surface area contributed by atoms with Gasteiger partial charge in [0.05, 0.1) is 25.3 Å². The number of nitrogens with zero attached hydrogens (tertiary/aromatic N) is 2. The van der Waals surface area contributed by atoms with Crippen LogP contribution in [-0.4, -0.2) is 49.9 Å². The quantitative estimate of drug-likeness (QED) is 0.382. The average molecular weight is 445 g/mol. The van der Waals surface area contributed by atoms with E-state index in [1.54, 1.807) is 18.2 Å². The van der Waals surface area contributed by atoms with E-state index in [9.17, 15) is 13.6 Å². The van der Waals surface area contributed by atoms with Crippen LogP contribution in [-0.2, 0) is 4.84 Å². The summed E-state index contributed by atoms with van der Waals surface area (Å²) in [5.74, 6) is -2.36. The zero-order valence-corrected chi connectivity index (χ0v) is 17.1. The third-order valence-corrected chi connectivity index (χ3v) is 4.74. The van der Waals surface area contributed by atoms with Crippen molar-refractivity contribution in [1.29, 1.82) is 5.26 Å². The minimum atomic E-state index is -0.967. The molecule has 9 nitrogen and oxygen atoms in total. The Hall–Kier alpha value is -3.91. The molecule has 0 bridgehead atoms. The van der Waals surface area contributed by atoms with Gasteiger partial charge in [0.25, 0.3) is 0 Å². The summed E-state index contributed by atoms with van der Waals surface area (Å²) in [6.07, 6.45) is 0. The molecule has 2 aromatic carbocycles. The zero-order valence-electron chi connectivity index (χ0n) is 17.1. The molecule has 1 heterocycles. The minimum Gasteiger partial charge on any atom is -0.497 e. The third-order valence-electron chi connectivity index (χ3n) is 4.74. The maximum absolute atomic E-state index is 14.7. The van der Waals surface area contributed by atoms with E-state index in [1.807, 2.05) is 6.07 Å². The van der Waals surface area contributed by atoms with Gasteiger partial charge in [0.1, 0.15) is 30.0 Å². The predicted molar refractivity (Wildman–Crippen MR) is 111 cm³/mol. The summed E-state index contributed by atoms with van der Waals surface area (Å²) in [7, 11) is 1.30. The maximum Gasteiger partial charge on any atom is 0.319 e. The molecular formula is C21H21F2N5O4. The number of urea groups is 1. The molecule has 0 aromatic heterocycles. The van der Waals surface area contributed by atoms with Crippen molar-refractivity contribution >= 4 is 17.6 Å². The van der Waals surface area contributed by atoms with Gasteiger partial charge in [0.2, 0.25) is 0 Å². The molecule has 2 aromatic rings. The van der Waals surface area contributed by atoms with Crippen molar-refractivity contribution < 1.29 is 28.3 Å². The Labute approximate surface area is 182 Å². The van der Waals surface area contributed by atoms with Crippen LogP contribution >= 0.6 is 0 Å². The van der Waals surface area contributed by atoms with Gasteiger partial charge in [-0.1, -0.05) is 11.2 Å². The predicted octanol–water partition coefficient (Wildman–Crippen LogP) is 2.04. The van der Waals surface area contributed by atoms with Crippen LogP contribution in [0.2, 0.25) is 0 Å². The molecule has 1 fully saturated rings. The van der Waals surface area contributed by atoms with Crippen molar-refractivity contribution in [2.45, 2.75) is 12.0 Å². The second-order valence-corrected chi connectivity index (χ2v) is 6.79. The van der Waals surface area contributed by atoms with Crippen LogP contribution in [0.15, 0.2) is 41.6 Å². The number of ether oxygens (including phenoxy) is 1. The summed E-state index contributed by atoms with van der Waals surface area (Å²) in [4.78, 5) is 17.6. The van der Waals surface area contributed by atoms with Crippen LogP contribution < -0.4 is 20.7 Å². The van der Waals surface area contributed by atoms with Crippen LogP contribution in [0.3, 0.4) is 0 Å². The average Bonchev–Trinajstić information content (AvgIpc) is 3.15. The van der Waals surface area contributed by atoms with Crippen LogP contribution in [0.5, 0.6) is 5.75 Å². The molecule has 0 unspecified atom stereocenters. The molecular weight excluding hydrogens is 424 g/mol. The molecule has 2 amide bonds. The number of oxime groups is 1. The Morgan fingerprint density at radius 1 is 1.34 bits per heavy atom. The minimum absolute atomic E-state index is 0.0227. The topological polar surface area (TPSA) is 128 Å². The van der Waals surface area contributed by atoms with Gasteiger partial charge in [0, 0.05) is 35.8 Å². The van der Waals surface area contributed by atoms with Gasteiger partial charge in [-0.05, 0) is 18.2 Å². The lowest BCUT2D eigenvalue weighted by Crippen LogP contribution is -2.45. The number of amides is 2. The number of methoxy groups -OCH3 is 1. The molecule has 168 valence electrons. The maximum atomic E-state index is 14.7. The number of aliphatic hydroxyl groups is 1. The molecule has 2 atom stereocenters. The number of carbonyl (C=O) groups is 1. The summed E-state index contributed by atoms with van der Waals surface area (Å²) < 4.78 is 34.3. The number of hydrogen-bond acceptors (Lipinski definition) is 6. The SMILES string of the molecule is COc1cc(F)c([C@@H]2CN/C(=N\OCCO)[C@H]2NC(=O)Nc2cccc(C#N)c2)c(F)c1. The first-order chi connectivity index (χ1) is 15.5. The first-order valence-electron chi connectivity index (χ1n) is 9.62. The number of aliphatic hydroxyl groups excluding tert-OH is 1. The van der Waals surface area contributed by atoms with Gasteiger partial charge in [-0.3, -0.25) is 0 Å². The third kappa shape index (κ3) is 5.22. The molecule has 3 rings (SSSR count). The molecule has 0 radical (unpaired) electrons. The van der Waals surface area contributed by atoms with E-state index < -0.39 is 29.6 Å². The van der Waals surface area contributed by atoms with Gasteiger partial charge in [0.15, 0.2) is 5.84 Å². The van der Waals surface area contributed by atoms with E-state index in [0.29, 0.717) is 11.3 Å². The van der Waals surface area contributed by atoms with Gasteiger partial charge >= 0.3 is 6.03 Å². The molecule has 1 saturated heterocycles. The molecule has 1 aliphatic heterocycles. The summed E-state index contributed by atoms with van der Waals surface area (Å²) in [5, 5.41) is 29.8. The van der Waals surface area contributed by atoms with E-state index in [0.717, 1.165) is 12.1 Å². The number of carbonyl (C=O) groups excluding carboxylic acids is 1. The first-order valence-corrected chi connectivity index (χ1v) is 9.62. The van der Waals surface area contributed by atoms with Crippen molar-refractivity contribution in [2.75, 3.05) is 32.2 Å². The van der Waals surface area contributed by atoms with Gasteiger partial charge < -0.3 is 30.6 Å². The standard InChI is InChI=1S/C21H21F2N5O4/c1-31-14-8-16(22)18(17(23)9-14)15-11-25-20(28-32-6-5-29)19(15)27-21(30)26-13-4-2-3-12(7-13)10-24/h2-4,7-9,15,19,29H,5-6,11H2,1H3,(H,25,28)(H2,26,27,30)/t15-,19-/m0/s1. The number of nitrogens with one attached hydrogen (secondary N) is 3. The number of anilines is 1. The van der Waals surface area contributed by atoms with Crippen molar-refractivity contribution in [3.63, 3.8) is 0 Å². The lowest BCUT2D eigenvalue weighted by Gasteiger charge is -2.21. The second-order valence-electron chi connectivity index (χ2n) is 6.79. The highest BCUT2D eigenvalue weighted by molar-refractivity contribution is 5.97. The highest BCUT2D eigenvalue weighted by Crippen LogP contribution is 2.31. The van der Waals surface area contributed by atoms with Crippen molar-refractivity contribution in [3.8, 4) is 11.8 Å². The van der Waals surface area contributed by atoms with Crippen molar-refractivity contribution in [3.05, 3.63) is 59.2 Å². The Balaban J connectivity index is 1.87. The van der Waals surface area contributed by atoms with Crippen LogP contribution in [0.1, 0.15) is 17.0 Å². The molecule has 0 saturated carbocycles. The van der Waals surface area contributed by atoms with Crippen LogP contribution in [0.4, 0.5) is 19.3 Å². The molecule has 32 heavy (non-hydrogen) atoms. The van der Waals surface area contributed by atoms with E-state index in [2.05, 4.69) is 21.1 Å². The summed E-state index contributed by atoms with van der Waals surface area (Å²) >= 11 is 0. The van der Waals surface area contributed by atoms with E-state index in [4.69, 9.17) is 19.9 Å². The molecule has 0 aliphatic carbocycles. The second kappa shape index (κ2) is 10.4. The fourth-order valence-electron chi connectivity index (χ4n) is 3.32. The highest BCUT2D eigenvalue weighted by Gasteiger charge is 2.39. The molecule has 11 heteroatoms. The van der Waals surface area contributed by atoms with Gasteiger partial charge in [-0.2, -0.15) is 5.26 Å². The van der Waals surface area contributed by atoms with E-state index in [-0.39, 0.29) is 36.9 Å². The van der Waals surface area contributed by atoms with E-state index in [1.165, 1.54) is 13.2 Å². The summed E-state index contributed by atoms with van der Waals surface area (Å²) in [6, 6.07) is 8.69. The number of amidine groups is 1. The number of nitriles is 1. The van der Waals surface area contributed by atoms with Crippen LogP contribution in [0.25, 0.3) is 0 Å². The number of hydrogen-bond donors (Lipinski definition) is 4. The van der Waals surface area contributed by atoms with Gasteiger partial charge in [-0.15, -0.1) is 0 Å². The largest absolute Gasteiger partial charge is 0.497 e. The first kappa shape index (κ1) is 22.8. The normalized spacial score (nSPS) is 18.5. The monoisotopic (exact) mass is 445 g/mol. The lowest BCUT2D eigenvalue weighted by atomic mass is 9.92. The van der Waals surface area contributed by atoms with Crippen molar-refractivity contribution in [2.24, 2.45) is 5.16 Å². The number of rotatable bonds is 7. The number of halogens is 2. The summed E-state index contributed by atoms with van der Waals surface area (Å²) in [6.45, 7) is -0.312. The van der Waals surface area contributed by atoms with Crippen LogP contribution in [0, 0.1) is 23.0 Å². The highest BCUT2D eigenvalue weighted by atomic mass is 19.1. The zero-order chi connectivity index (χ0) is 23.1.